The summed E-state index contributed by atoms with van der Waals surface area (Å²) in [5, 5.41) is 3.15. The molecular formula is C20H26N6O2S. The summed E-state index contributed by atoms with van der Waals surface area (Å²) in [5.74, 6) is 2.25. The van der Waals surface area contributed by atoms with Gasteiger partial charge in [-0.05, 0) is 25.0 Å². The molecular weight excluding hydrogens is 388 g/mol. The molecule has 29 heavy (non-hydrogen) atoms. The Morgan fingerprint density at radius 3 is 2.86 bits per heavy atom. The third-order valence-electron chi connectivity index (χ3n) is 4.36. The van der Waals surface area contributed by atoms with Crippen LogP contribution in [-0.4, -0.2) is 50.4 Å². The van der Waals surface area contributed by atoms with Crippen LogP contribution in [0.25, 0.3) is 0 Å². The van der Waals surface area contributed by atoms with Crippen LogP contribution in [0.3, 0.4) is 0 Å². The zero-order valence-electron chi connectivity index (χ0n) is 16.5. The van der Waals surface area contributed by atoms with E-state index in [2.05, 4.69) is 30.2 Å². The Morgan fingerprint density at radius 2 is 2.10 bits per heavy atom. The number of aromatic amines is 2. The topological polar surface area (TPSA) is 109 Å². The summed E-state index contributed by atoms with van der Waals surface area (Å²) >= 11 is 1.78. The van der Waals surface area contributed by atoms with Crippen LogP contribution in [0.1, 0.15) is 22.5 Å². The molecule has 0 aliphatic rings. The second-order valence-corrected chi connectivity index (χ2v) is 7.62. The molecule has 3 rings (SSSR count). The van der Waals surface area contributed by atoms with Gasteiger partial charge in [0.25, 0.3) is 5.56 Å². The van der Waals surface area contributed by atoms with Gasteiger partial charge in [0.05, 0.1) is 25.2 Å². The molecule has 0 saturated carbocycles. The quantitative estimate of drug-likeness (QED) is 0.390. The van der Waals surface area contributed by atoms with Gasteiger partial charge in [-0.2, -0.15) is 11.8 Å². The Morgan fingerprint density at radius 1 is 1.21 bits per heavy atom. The Labute approximate surface area is 174 Å². The lowest BCUT2D eigenvalue weighted by molar-refractivity contribution is 0.140. The van der Waals surface area contributed by atoms with E-state index in [0.29, 0.717) is 37.7 Å². The molecule has 8 nitrogen and oxygen atoms in total. The third kappa shape index (κ3) is 7.03. The number of imidazole rings is 1. The van der Waals surface area contributed by atoms with E-state index in [9.17, 15) is 4.79 Å². The zero-order valence-corrected chi connectivity index (χ0v) is 17.3. The molecule has 0 atom stereocenters. The van der Waals surface area contributed by atoms with Gasteiger partial charge in [-0.25, -0.2) is 9.97 Å². The summed E-state index contributed by atoms with van der Waals surface area (Å²) in [6.45, 7) is 3.82. The molecule has 0 saturated heterocycles. The summed E-state index contributed by atoms with van der Waals surface area (Å²) < 4.78 is 5.62. The van der Waals surface area contributed by atoms with Gasteiger partial charge in [0.1, 0.15) is 0 Å². The van der Waals surface area contributed by atoms with E-state index in [1.807, 2.05) is 25.3 Å². The summed E-state index contributed by atoms with van der Waals surface area (Å²) in [6.07, 6.45) is 8.26. The number of H-pyrrole nitrogens is 2. The lowest BCUT2D eigenvalue weighted by Gasteiger charge is -2.07. The highest BCUT2D eigenvalue weighted by Gasteiger charge is 2.04. The fourth-order valence-corrected chi connectivity index (χ4v) is 3.53. The minimum absolute atomic E-state index is 0.127. The first-order valence-electron chi connectivity index (χ1n) is 9.57. The lowest BCUT2D eigenvalue weighted by Crippen LogP contribution is -2.19. The fourth-order valence-electron chi connectivity index (χ4n) is 2.65. The maximum atomic E-state index is 12.2. The first-order chi connectivity index (χ1) is 14.2. The molecule has 0 spiro atoms. The molecule has 0 aromatic carbocycles. The molecule has 0 aliphatic heterocycles. The van der Waals surface area contributed by atoms with Crippen molar-refractivity contribution in [3.63, 3.8) is 0 Å². The molecule has 3 aromatic heterocycles. The van der Waals surface area contributed by atoms with Gasteiger partial charge in [-0.15, -0.1) is 0 Å². The van der Waals surface area contributed by atoms with Crippen molar-refractivity contribution < 1.29 is 4.74 Å². The van der Waals surface area contributed by atoms with Crippen molar-refractivity contribution in [3.05, 3.63) is 69.9 Å². The third-order valence-corrected chi connectivity index (χ3v) is 5.33. The van der Waals surface area contributed by atoms with Gasteiger partial charge < -0.3 is 15.0 Å². The molecule has 0 amide bonds. The predicted molar refractivity (Wildman–Crippen MR) is 115 cm³/mol. The van der Waals surface area contributed by atoms with Crippen LogP contribution < -0.4 is 10.9 Å². The van der Waals surface area contributed by atoms with Crippen molar-refractivity contribution in [3.8, 4) is 0 Å². The van der Waals surface area contributed by atoms with Crippen LogP contribution in [0.4, 0.5) is 5.95 Å². The second kappa shape index (κ2) is 11.4. The van der Waals surface area contributed by atoms with Crippen molar-refractivity contribution in [2.75, 3.05) is 30.8 Å². The number of hydrogen-bond donors (Lipinski definition) is 3. The van der Waals surface area contributed by atoms with Crippen LogP contribution >= 0.6 is 11.8 Å². The summed E-state index contributed by atoms with van der Waals surface area (Å²) in [4.78, 5) is 30.7. The van der Waals surface area contributed by atoms with E-state index < -0.39 is 0 Å². The van der Waals surface area contributed by atoms with Crippen molar-refractivity contribution in [1.82, 2.24) is 24.9 Å². The molecule has 0 fully saturated rings. The van der Waals surface area contributed by atoms with E-state index >= 15 is 0 Å². The van der Waals surface area contributed by atoms with Gasteiger partial charge in [0.15, 0.2) is 0 Å². The van der Waals surface area contributed by atoms with E-state index in [4.69, 9.17) is 4.74 Å². The maximum Gasteiger partial charge on any atom is 0.255 e. The molecule has 0 unspecified atom stereocenters. The molecule has 0 bridgehead atoms. The monoisotopic (exact) mass is 414 g/mol. The van der Waals surface area contributed by atoms with Gasteiger partial charge in [0, 0.05) is 54.3 Å². The number of pyridine rings is 1. The average Bonchev–Trinajstić information content (AvgIpc) is 3.14. The highest BCUT2D eigenvalue weighted by molar-refractivity contribution is 7.98. The van der Waals surface area contributed by atoms with Crippen LogP contribution in [0.5, 0.6) is 0 Å². The largest absolute Gasteiger partial charge is 0.381 e. The first-order valence-corrected chi connectivity index (χ1v) is 10.7. The van der Waals surface area contributed by atoms with Crippen molar-refractivity contribution in [1.29, 1.82) is 0 Å². The minimum atomic E-state index is -0.127. The minimum Gasteiger partial charge on any atom is -0.381 e. The number of aryl methyl sites for hydroxylation is 1. The number of nitrogens with one attached hydrogen (secondary N) is 3. The number of anilines is 1. The summed E-state index contributed by atoms with van der Waals surface area (Å²) in [7, 11) is 0. The van der Waals surface area contributed by atoms with Gasteiger partial charge >= 0.3 is 0 Å². The molecule has 154 valence electrons. The fraction of sp³-hybridized carbons (Fsp3) is 0.400. The molecule has 3 heterocycles. The van der Waals surface area contributed by atoms with E-state index in [0.717, 1.165) is 34.9 Å². The Bertz CT molecular complexity index is 928. The van der Waals surface area contributed by atoms with Crippen LogP contribution in [-0.2, 0) is 23.3 Å². The molecule has 3 aromatic rings. The van der Waals surface area contributed by atoms with Crippen LogP contribution in [0.15, 0.2) is 41.8 Å². The molecule has 0 aliphatic carbocycles. The molecule has 9 heteroatoms. The first kappa shape index (κ1) is 21.1. The van der Waals surface area contributed by atoms with E-state index in [1.54, 1.807) is 30.5 Å². The summed E-state index contributed by atoms with van der Waals surface area (Å²) in [6, 6.07) is 3.93. The Balaban J connectivity index is 1.32. The smallest absolute Gasteiger partial charge is 0.255 e. The standard InChI is InChI=1S/C20H26N6O2S/c1-15-18(25-14-24-15)13-29-10-7-22-20-23-12-17(19(27)26-20)5-9-28-8-4-16-3-2-6-21-11-16/h2-3,6,11-12,14H,4-5,7-10,13H2,1H3,(H,24,25)(H2,22,23,26,27). The molecule has 3 N–H and O–H groups in total. The number of thioether (sulfide) groups is 1. The van der Waals surface area contributed by atoms with Crippen LogP contribution in [0.2, 0.25) is 0 Å². The predicted octanol–water partition coefficient (Wildman–Crippen LogP) is 2.34. The van der Waals surface area contributed by atoms with Crippen LogP contribution in [0, 0.1) is 6.92 Å². The Hall–Kier alpha value is -2.65. The number of ether oxygens (including phenoxy) is 1. The van der Waals surface area contributed by atoms with Gasteiger partial charge in [-0.3, -0.25) is 14.8 Å². The van der Waals surface area contributed by atoms with Gasteiger partial charge in [-0.1, -0.05) is 6.07 Å². The SMILES string of the molecule is Cc1[nH]cnc1CSCCNc1ncc(CCOCCc2cccnc2)c(=O)[nH]1. The summed E-state index contributed by atoms with van der Waals surface area (Å²) in [5.41, 5.74) is 3.82. The number of rotatable bonds is 12. The Kier molecular flexibility index (Phi) is 8.26. The number of hydrogen-bond acceptors (Lipinski definition) is 7. The van der Waals surface area contributed by atoms with Crippen molar-refractivity contribution in [2.45, 2.75) is 25.5 Å². The highest BCUT2D eigenvalue weighted by atomic mass is 32.2. The second-order valence-electron chi connectivity index (χ2n) is 6.51. The van der Waals surface area contributed by atoms with E-state index in [1.165, 1.54) is 0 Å². The van der Waals surface area contributed by atoms with E-state index in [-0.39, 0.29) is 5.56 Å². The maximum absolute atomic E-state index is 12.2. The average molecular weight is 415 g/mol. The van der Waals surface area contributed by atoms with Gasteiger partial charge in [0.2, 0.25) is 5.95 Å². The zero-order chi connectivity index (χ0) is 20.3. The normalized spacial score (nSPS) is 10.9. The number of aromatic nitrogens is 5. The van der Waals surface area contributed by atoms with Crippen molar-refractivity contribution in [2.24, 2.45) is 0 Å². The number of nitrogens with zero attached hydrogens (tertiary/aromatic N) is 3. The molecule has 0 radical (unpaired) electrons. The van der Waals surface area contributed by atoms with Crippen molar-refractivity contribution >= 4 is 17.7 Å². The lowest BCUT2D eigenvalue weighted by atomic mass is 10.2. The highest BCUT2D eigenvalue weighted by Crippen LogP contribution is 2.12.